The van der Waals surface area contributed by atoms with Crippen LogP contribution in [-0.2, 0) is 10.5 Å². The summed E-state index contributed by atoms with van der Waals surface area (Å²) >= 11 is 7.55. The van der Waals surface area contributed by atoms with Crippen LogP contribution < -0.4 is 5.32 Å². The Balaban J connectivity index is 2.02. The van der Waals surface area contributed by atoms with Crippen LogP contribution in [0.3, 0.4) is 0 Å². The molecule has 1 atom stereocenters. The van der Waals surface area contributed by atoms with Gasteiger partial charge in [0.05, 0.1) is 0 Å². The number of amides is 1. The number of nitrogens with zero attached hydrogens (tertiary/aromatic N) is 2. The highest BCUT2D eigenvalue weighted by Crippen LogP contribution is 2.28. The Morgan fingerprint density at radius 2 is 2.00 bits per heavy atom. The Labute approximate surface area is 163 Å². The van der Waals surface area contributed by atoms with E-state index < -0.39 is 17.7 Å². The number of thioether (sulfide) groups is 1. The molecule has 0 unspecified atom stereocenters. The predicted octanol–water partition coefficient (Wildman–Crippen LogP) is 5.24. The van der Waals surface area contributed by atoms with E-state index in [0.717, 1.165) is 5.56 Å². The summed E-state index contributed by atoms with van der Waals surface area (Å²) in [6.07, 6.45) is -0.514. The standard InChI is InChI=1S/C18H24ClN3O3S/c1-11(2)14(20-16(23)25-18(3,4)5)15-21-22-17(24-15)26-10-12-8-6-7-9-13(12)19/h6-9,11,14H,10H2,1-5H3,(H,20,23)/t14-/m1/s1. The van der Waals surface area contributed by atoms with E-state index in [-0.39, 0.29) is 5.92 Å². The van der Waals surface area contributed by atoms with Gasteiger partial charge in [-0.1, -0.05) is 55.4 Å². The first-order valence-electron chi connectivity index (χ1n) is 8.35. The Kier molecular flexibility index (Phi) is 6.94. The number of nitrogens with one attached hydrogen (secondary N) is 1. The van der Waals surface area contributed by atoms with Crippen LogP contribution in [0.25, 0.3) is 0 Å². The molecule has 26 heavy (non-hydrogen) atoms. The maximum atomic E-state index is 12.1. The van der Waals surface area contributed by atoms with Gasteiger partial charge in [0.25, 0.3) is 5.22 Å². The number of alkyl carbamates (subject to hydrolysis) is 1. The van der Waals surface area contributed by atoms with Gasteiger partial charge in [-0.3, -0.25) is 0 Å². The van der Waals surface area contributed by atoms with Crippen LogP contribution in [0.1, 0.15) is 52.1 Å². The van der Waals surface area contributed by atoms with Crippen LogP contribution in [-0.4, -0.2) is 21.9 Å². The molecule has 0 aliphatic carbocycles. The van der Waals surface area contributed by atoms with Gasteiger partial charge in [0.15, 0.2) is 0 Å². The molecular formula is C18H24ClN3O3S. The third-order valence-corrected chi connectivity index (χ3v) is 4.57. The van der Waals surface area contributed by atoms with Gasteiger partial charge in [-0.05, 0) is 38.3 Å². The number of ether oxygens (including phenoxy) is 1. The summed E-state index contributed by atoms with van der Waals surface area (Å²) in [6, 6.07) is 7.19. The number of hydrogen-bond acceptors (Lipinski definition) is 6. The summed E-state index contributed by atoms with van der Waals surface area (Å²) < 4.78 is 11.0. The second kappa shape index (κ2) is 8.77. The third kappa shape index (κ3) is 6.21. The van der Waals surface area contributed by atoms with Gasteiger partial charge in [-0.2, -0.15) is 0 Å². The lowest BCUT2D eigenvalue weighted by Crippen LogP contribution is -2.37. The van der Waals surface area contributed by atoms with E-state index in [1.165, 1.54) is 11.8 Å². The van der Waals surface area contributed by atoms with Gasteiger partial charge in [0, 0.05) is 10.8 Å². The van der Waals surface area contributed by atoms with Crippen LogP contribution in [0.4, 0.5) is 4.79 Å². The van der Waals surface area contributed by atoms with Gasteiger partial charge in [0.2, 0.25) is 5.89 Å². The summed E-state index contributed by atoms with van der Waals surface area (Å²) in [6.45, 7) is 9.36. The van der Waals surface area contributed by atoms with E-state index >= 15 is 0 Å². The normalized spacial score (nSPS) is 12.9. The largest absolute Gasteiger partial charge is 0.444 e. The van der Waals surface area contributed by atoms with Crippen molar-refractivity contribution in [3.05, 3.63) is 40.7 Å². The average molecular weight is 398 g/mol. The molecule has 1 aromatic heterocycles. The monoisotopic (exact) mass is 397 g/mol. The maximum absolute atomic E-state index is 12.1. The van der Waals surface area contributed by atoms with E-state index in [9.17, 15) is 4.79 Å². The SMILES string of the molecule is CC(C)[C@@H](NC(=O)OC(C)(C)C)c1nnc(SCc2ccccc2Cl)o1. The number of halogens is 1. The third-order valence-electron chi connectivity index (χ3n) is 3.34. The first-order valence-corrected chi connectivity index (χ1v) is 9.71. The number of hydrogen-bond donors (Lipinski definition) is 1. The molecule has 0 aliphatic rings. The van der Waals surface area contributed by atoms with Crippen molar-refractivity contribution in [1.82, 2.24) is 15.5 Å². The van der Waals surface area contributed by atoms with Crippen molar-refractivity contribution in [2.75, 3.05) is 0 Å². The molecule has 0 radical (unpaired) electrons. The number of carbonyl (C=O) groups excluding carboxylic acids is 1. The zero-order chi connectivity index (χ0) is 19.3. The molecule has 0 saturated heterocycles. The van der Waals surface area contributed by atoms with Crippen molar-refractivity contribution >= 4 is 29.5 Å². The van der Waals surface area contributed by atoms with Gasteiger partial charge < -0.3 is 14.5 Å². The van der Waals surface area contributed by atoms with Crippen LogP contribution in [0, 0.1) is 5.92 Å². The summed E-state index contributed by atoms with van der Waals surface area (Å²) in [5.74, 6) is 1.03. The molecule has 0 fully saturated rings. The zero-order valence-corrected chi connectivity index (χ0v) is 17.1. The number of aromatic nitrogens is 2. The Hall–Kier alpha value is -1.73. The molecule has 1 aromatic carbocycles. The highest BCUT2D eigenvalue weighted by molar-refractivity contribution is 7.98. The molecule has 0 saturated carbocycles. The molecule has 0 spiro atoms. The molecule has 2 rings (SSSR count). The summed E-state index contributed by atoms with van der Waals surface area (Å²) in [7, 11) is 0. The van der Waals surface area contributed by atoms with Gasteiger partial charge in [-0.15, -0.1) is 10.2 Å². The van der Waals surface area contributed by atoms with Gasteiger partial charge >= 0.3 is 6.09 Å². The zero-order valence-electron chi connectivity index (χ0n) is 15.6. The minimum absolute atomic E-state index is 0.0596. The van der Waals surface area contributed by atoms with Crippen LogP contribution in [0.5, 0.6) is 0 Å². The molecular weight excluding hydrogens is 374 g/mol. The number of carbonyl (C=O) groups is 1. The van der Waals surface area contributed by atoms with Crippen LogP contribution >= 0.6 is 23.4 Å². The van der Waals surface area contributed by atoms with Gasteiger partial charge in [0.1, 0.15) is 11.6 Å². The molecule has 0 aliphatic heterocycles. The van der Waals surface area contributed by atoms with E-state index in [1.807, 2.05) is 58.9 Å². The minimum atomic E-state index is -0.573. The van der Waals surface area contributed by atoms with E-state index in [1.54, 1.807) is 0 Å². The smallest absolute Gasteiger partial charge is 0.408 e. The van der Waals surface area contributed by atoms with Crippen molar-refractivity contribution in [2.45, 2.75) is 57.2 Å². The van der Waals surface area contributed by atoms with Crippen molar-refractivity contribution in [3.8, 4) is 0 Å². The minimum Gasteiger partial charge on any atom is -0.444 e. The number of rotatable bonds is 6. The van der Waals surface area contributed by atoms with E-state index in [0.29, 0.717) is 21.9 Å². The first-order chi connectivity index (χ1) is 12.2. The molecule has 1 amide bonds. The summed E-state index contributed by atoms with van der Waals surface area (Å²) in [4.78, 5) is 12.1. The fourth-order valence-electron chi connectivity index (χ4n) is 2.11. The van der Waals surface area contributed by atoms with Gasteiger partial charge in [-0.25, -0.2) is 4.79 Å². The van der Waals surface area contributed by atoms with Crippen molar-refractivity contribution < 1.29 is 13.9 Å². The number of benzene rings is 1. The van der Waals surface area contributed by atoms with Crippen LogP contribution in [0.15, 0.2) is 33.9 Å². The Morgan fingerprint density at radius 1 is 1.31 bits per heavy atom. The van der Waals surface area contributed by atoms with Crippen molar-refractivity contribution in [3.63, 3.8) is 0 Å². The van der Waals surface area contributed by atoms with Crippen LogP contribution in [0.2, 0.25) is 5.02 Å². The maximum Gasteiger partial charge on any atom is 0.408 e. The lowest BCUT2D eigenvalue weighted by Gasteiger charge is -2.23. The summed E-state index contributed by atoms with van der Waals surface area (Å²) in [5, 5.41) is 12.1. The van der Waals surface area contributed by atoms with E-state index in [2.05, 4.69) is 15.5 Å². The predicted molar refractivity (Wildman–Crippen MR) is 102 cm³/mol. The topological polar surface area (TPSA) is 77.2 Å². The Morgan fingerprint density at radius 3 is 2.62 bits per heavy atom. The molecule has 1 heterocycles. The lowest BCUT2D eigenvalue weighted by molar-refractivity contribution is 0.0477. The molecule has 1 N–H and O–H groups in total. The lowest BCUT2D eigenvalue weighted by atomic mass is 10.1. The Bertz CT molecular complexity index is 743. The second-order valence-corrected chi connectivity index (χ2v) is 8.49. The molecule has 142 valence electrons. The quantitative estimate of drug-likeness (QED) is 0.672. The molecule has 2 aromatic rings. The van der Waals surface area contributed by atoms with Crippen molar-refractivity contribution in [2.24, 2.45) is 5.92 Å². The average Bonchev–Trinajstić information content (AvgIpc) is 2.98. The second-order valence-electron chi connectivity index (χ2n) is 7.15. The first kappa shape index (κ1) is 20.6. The highest BCUT2D eigenvalue weighted by Gasteiger charge is 2.27. The molecule has 0 bridgehead atoms. The van der Waals surface area contributed by atoms with Crippen molar-refractivity contribution in [1.29, 1.82) is 0 Å². The molecule has 6 nitrogen and oxygen atoms in total. The fraction of sp³-hybridized carbons (Fsp3) is 0.500. The molecule has 8 heteroatoms. The highest BCUT2D eigenvalue weighted by atomic mass is 35.5. The fourth-order valence-corrected chi connectivity index (χ4v) is 3.16. The van der Waals surface area contributed by atoms with E-state index in [4.69, 9.17) is 20.8 Å². The summed E-state index contributed by atoms with van der Waals surface area (Å²) in [5.41, 5.74) is 0.419.